The third kappa shape index (κ3) is 10.3. The number of benzene rings is 12. The summed E-state index contributed by atoms with van der Waals surface area (Å²) >= 11 is 0. The molecule has 36 rings (SSSR count). The summed E-state index contributed by atoms with van der Waals surface area (Å²) in [6.45, 7) is 0. The Morgan fingerprint density at radius 2 is 0.421 bits per heavy atom. The third-order valence-electron chi connectivity index (χ3n) is 31.7. The fraction of sp³-hybridized carbons (Fsp3) is 0.0645. The highest BCUT2D eigenvalue weighted by Gasteiger charge is 2.36. The van der Waals surface area contributed by atoms with E-state index in [0.717, 1.165) is 184 Å². The molecule has 0 saturated heterocycles. The second-order valence-corrected chi connectivity index (χ2v) is 38.8. The van der Waals surface area contributed by atoms with Crippen LogP contribution in [0.4, 0.5) is 0 Å². The van der Waals surface area contributed by atoms with Crippen LogP contribution in [0.25, 0.3) is 243 Å². The first-order valence-electron chi connectivity index (χ1n) is 48.2. The molecule has 16 aromatic heterocycles. The van der Waals surface area contributed by atoms with Gasteiger partial charge < -0.3 is 0 Å². The first kappa shape index (κ1) is 75.1. The van der Waals surface area contributed by atoms with E-state index in [1.807, 2.05) is 79.5 Å². The summed E-state index contributed by atoms with van der Waals surface area (Å²) in [5.41, 5.74) is 59.3. The highest BCUT2D eigenvalue weighted by molar-refractivity contribution is 6.20. The second kappa shape index (κ2) is 27.7. The number of hydrogen-bond acceptors (Lipinski definition) is 12. The van der Waals surface area contributed by atoms with Crippen molar-refractivity contribution >= 4 is 154 Å². The Labute approximate surface area is 796 Å². The third-order valence-corrected chi connectivity index (χ3v) is 31.7. The zero-order chi connectivity index (χ0) is 90.7. The molecular weight excluding hydrogens is 1710 g/mol. The summed E-state index contributed by atoms with van der Waals surface area (Å²) in [5, 5.41) is 14.0. The van der Waals surface area contributed by atoms with E-state index in [1.165, 1.54) is 200 Å². The first-order chi connectivity index (χ1) is 69.4. The van der Waals surface area contributed by atoms with E-state index in [0.29, 0.717) is 0 Å². The lowest BCUT2D eigenvalue weighted by Crippen LogP contribution is -1.95. The fourth-order valence-electron chi connectivity index (χ4n) is 25.8. The Kier molecular flexibility index (Phi) is 14.9. The van der Waals surface area contributed by atoms with Crippen LogP contribution in [0.5, 0.6) is 0 Å². The summed E-state index contributed by atoms with van der Waals surface area (Å²) in [6, 6.07) is 106. The van der Waals surface area contributed by atoms with Crippen molar-refractivity contribution < 1.29 is 0 Å². The molecule has 0 fully saturated rings. The number of nitrogens with zero attached hydrogens (tertiary/aromatic N) is 16. The highest BCUT2D eigenvalue weighted by Crippen LogP contribution is 2.56. The van der Waals surface area contributed by atoms with Gasteiger partial charge in [0.2, 0.25) is 0 Å². The van der Waals surface area contributed by atoms with Gasteiger partial charge in [-0.2, -0.15) is 0 Å². The number of imidazole rings is 4. The smallest absolute Gasteiger partial charge is 0.178 e. The van der Waals surface area contributed by atoms with E-state index in [-0.39, 0.29) is 0 Å². The van der Waals surface area contributed by atoms with Gasteiger partial charge in [-0.05, 0) is 403 Å². The van der Waals surface area contributed by atoms with Crippen molar-refractivity contribution in [1.29, 1.82) is 0 Å². The Hall–Kier alpha value is -18.3. The van der Waals surface area contributed by atoms with Crippen LogP contribution in [-0.2, 0) is 51.4 Å². The van der Waals surface area contributed by atoms with E-state index < -0.39 is 0 Å². The van der Waals surface area contributed by atoms with Gasteiger partial charge in [-0.25, -0.2) is 59.8 Å². The zero-order valence-corrected chi connectivity index (χ0v) is 75.1. The van der Waals surface area contributed by atoms with Crippen molar-refractivity contribution in [2.24, 2.45) is 0 Å². The average molecular weight is 1790 g/mol. The quantitative estimate of drug-likeness (QED) is 0.132. The molecular formula is C124H72N16. The van der Waals surface area contributed by atoms with Crippen LogP contribution in [0, 0.1) is 0 Å². The Morgan fingerprint density at radius 3 is 0.879 bits per heavy atom. The predicted molar refractivity (Wildman–Crippen MR) is 559 cm³/mol. The van der Waals surface area contributed by atoms with Gasteiger partial charge >= 0.3 is 0 Å². The van der Waals surface area contributed by atoms with E-state index >= 15 is 0 Å². The lowest BCUT2D eigenvalue weighted by Gasteiger charge is -2.13. The maximum atomic E-state index is 5.00. The summed E-state index contributed by atoms with van der Waals surface area (Å²) in [5.74, 6) is 0. The minimum atomic E-state index is 0.752. The van der Waals surface area contributed by atoms with Crippen molar-refractivity contribution in [3.05, 3.63) is 430 Å². The van der Waals surface area contributed by atoms with E-state index in [1.54, 1.807) is 18.6 Å². The molecule has 28 aromatic rings. The predicted octanol–water partition coefficient (Wildman–Crippen LogP) is 26.9. The van der Waals surface area contributed by atoms with Crippen molar-refractivity contribution in [3.63, 3.8) is 0 Å². The Bertz CT molecular complexity index is 10700. The first-order valence-corrected chi connectivity index (χ1v) is 48.2. The van der Waals surface area contributed by atoms with Crippen LogP contribution in [0.15, 0.2) is 341 Å². The largest absolute Gasteiger partial charge is 0.274 e. The van der Waals surface area contributed by atoms with Crippen molar-refractivity contribution in [3.8, 4) is 89.0 Å². The topological polar surface area (TPSA) is 172 Å². The van der Waals surface area contributed by atoms with Gasteiger partial charge in [-0.3, -0.25) is 17.6 Å². The SMILES string of the molecule is c1ccc2c(c1)Cc1c-2ccc2c1-c1cc3c(cc1C2)c1cccnc1n1c2cccnc2nc31.c1ccc2c(c1)Cc1c-2ccc2c1Cc1cc3c4cccnc4n4c5cccnc5nc4c3cc1-2.c1ccc2c(c1)Cc1cc3c(cc1-2)-c1cc2c(cc1C3)c1cccnc1n1c3cccnc3nc21.c1ccc2c(c1)Cc1ccc3c(c1-2)-c1cc2c(cc1C3)c1cccnc1n1c3cccnc3nc21. The van der Waals surface area contributed by atoms with Gasteiger partial charge in [-0.15, -0.1) is 0 Å². The molecule has 16 heteroatoms. The van der Waals surface area contributed by atoms with Gasteiger partial charge in [0.05, 0.1) is 22.1 Å². The molecule has 0 aliphatic heterocycles. The second-order valence-electron chi connectivity index (χ2n) is 38.8. The standard InChI is InChI=1S/4C31H18N4/c1-2-6-20-17(5-1)14-25-21(20)10-9-18-13-19-15-24-22-7-3-12-33-30(22)35-27-8-4-11-32-29(27)34-31(35)26(24)16-23(19)28(18)25;1-2-6-19-17(5-1)13-24-20(19)9-10-21-23-16-27-26(15-18(23)14-25(21)24)22-7-3-12-33-30(22)35-28-8-4-11-32-29(28)34-31(27)35;1-2-6-21-17(5-1)13-18-9-10-19-14-20-15-24-22-7-3-12-33-30(22)35-26-8-4-11-32-29(26)34-31(35)25(24)16-23(20)28(19)27(18)21;1-2-6-21-17(5-1)11-18-12-19-13-20-14-26-22-7-3-10-33-30(22)35-28-8-4-9-32-29(28)34-31(35)27(26)16-25(20)24(19)15-23(18)21/h3*1-12,15-16H,13-14H2;1-10,12,14-16H,11,13H2. The van der Waals surface area contributed by atoms with Gasteiger partial charge in [0, 0.05) is 92.7 Å². The van der Waals surface area contributed by atoms with Gasteiger partial charge in [0.15, 0.2) is 22.6 Å². The van der Waals surface area contributed by atoms with Crippen molar-refractivity contribution in [2.75, 3.05) is 0 Å². The number of fused-ring (bicyclic) bond motifs is 59. The number of rotatable bonds is 0. The maximum absolute atomic E-state index is 5.00. The monoisotopic (exact) mass is 1780 g/mol. The van der Waals surface area contributed by atoms with E-state index in [9.17, 15) is 0 Å². The molecule has 12 aromatic carbocycles. The molecule has 0 unspecified atom stereocenters. The summed E-state index contributed by atoms with van der Waals surface area (Å²) in [4.78, 5) is 57.2. The summed E-state index contributed by atoms with van der Waals surface area (Å²) in [7, 11) is 0. The molecule has 0 bridgehead atoms. The lowest BCUT2D eigenvalue weighted by atomic mass is 9.92. The molecule has 0 N–H and O–H groups in total. The minimum Gasteiger partial charge on any atom is -0.274 e. The molecule has 648 valence electrons. The van der Waals surface area contributed by atoms with Gasteiger partial charge in [-0.1, -0.05) is 140 Å². The molecule has 0 radical (unpaired) electrons. The van der Waals surface area contributed by atoms with Crippen LogP contribution in [0.3, 0.4) is 0 Å². The molecule has 8 aliphatic carbocycles. The molecule has 8 aliphatic rings. The van der Waals surface area contributed by atoms with Crippen LogP contribution in [0.2, 0.25) is 0 Å². The number of hydrogen-bond donors (Lipinski definition) is 0. The molecule has 0 saturated carbocycles. The van der Waals surface area contributed by atoms with Crippen LogP contribution >= 0.6 is 0 Å². The molecule has 16 heterocycles. The minimum absolute atomic E-state index is 0.752. The summed E-state index contributed by atoms with van der Waals surface area (Å²) < 4.78 is 8.68. The molecule has 0 atom stereocenters. The normalized spacial score (nSPS) is 13.5. The highest BCUT2D eigenvalue weighted by atomic mass is 15.1. The van der Waals surface area contributed by atoms with Crippen molar-refractivity contribution in [2.45, 2.75) is 51.4 Å². The maximum Gasteiger partial charge on any atom is 0.178 e. The molecule has 0 amide bonds. The zero-order valence-electron chi connectivity index (χ0n) is 75.1. The van der Waals surface area contributed by atoms with Crippen LogP contribution < -0.4 is 0 Å². The number of aromatic nitrogens is 16. The number of pyridine rings is 12. The molecule has 140 heavy (non-hydrogen) atoms. The summed E-state index contributed by atoms with van der Waals surface area (Å²) in [6.07, 6.45) is 22.6. The Balaban J connectivity index is 0.0000000829. The van der Waals surface area contributed by atoms with Gasteiger partial charge in [0.1, 0.15) is 45.2 Å². The van der Waals surface area contributed by atoms with Crippen molar-refractivity contribution in [1.82, 2.24) is 77.4 Å². The average Bonchev–Trinajstić information content (AvgIpc) is 1.55. The van der Waals surface area contributed by atoms with Crippen LogP contribution in [0.1, 0.15) is 89.0 Å². The van der Waals surface area contributed by atoms with Crippen LogP contribution in [-0.4, -0.2) is 77.4 Å². The van der Waals surface area contributed by atoms with Gasteiger partial charge in [0.25, 0.3) is 0 Å². The van der Waals surface area contributed by atoms with E-state index in [2.05, 4.69) is 280 Å². The van der Waals surface area contributed by atoms with E-state index in [4.69, 9.17) is 39.9 Å². The lowest BCUT2D eigenvalue weighted by molar-refractivity contribution is 1.16. The fourth-order valence-corrected chi connectivity index (χ4v) is 25.8. The molecule has 0 spiro atoms. The molecule has 16 nitrogen and oxygen atoms in total. The Morgan fingerprint density at radius 1 is 0.150 bits per heavy atom.